The largest absolute Gasteiger partial charge is 0.496 e. The summed E-state index contributed by atoms with van der Waals surface area (Å²) in [6.45, 7) is 2.02. The van der Waals surface area contributed by atoms with E-state index in [0.29, 0.717) is 0 Å². The SMILES string of the molecule is COc1cc2c(cc1C)[C@@H](C=O)CCC2. The highest BCUT2D eigenvalue weighted by atomic mass is 16.5. The van der Waals surface area contributed by atoms with Gasteiger partial charge in [0.2, 0.25) is 0 Å². The first-order valence-electron chi connectivity index (χ1n) is 5.39. The zero-order valence-corrected chi connectivity index (χ0v) is 9.25. The van der Waals surface area contributed by atoms with Crippen molar-refractivity contribution in [2.75, 3.05) is 7.11 Å². The molecule has 1 atom stereocenters. The Bertz CT molecular complexity index is 382. The van der Waals surface area contributed by atoms with Crippen molar-refractivity contribution in [1.29, 1.82) is 0 Å². The summed E-state index contributed by atoms with van der Waals surface area (Å²) in [5, 5.41) is 0. The van der Waals surface area contributed by atoms with E-state index in [1.807, 2.05) is 6.92 Å². The lowest BCUT2D eigenvalue weighted by Gasteiger charge is -2.22. The third-order valence-electron chi connectivity index (χ3n) is 3.18. The van der Waals surface area contributed by atoms with E-state index in [0.717, 1.165) is 36.9 Å². The molecule has 0 spiro atoms. The molecule has 1 aliphatic rings. The minimum absolute atomic E-state index is 0.0957. The van der Waals surface area contributed by atoms with Crippen molar-refractivity contribution >= 4 is 6.29 Å². The molecule has 0 aromatic heterocycles. The van der Waals surface area contributed by atoms with E-state index >= 15 is 0 Å². The van der Waals surface area contributed by atoms with Crippen LogP contribution in [-0.2, 0) is 11.2 Å². The Labute approximate surface area is 90.3 Å². The number of ether oxygens (including phenoxy) is 1. The van der Waals surface area contributed by atoms with Gasteiger partial charge in [-0.2, -0.15) is 0 Å². The summed E-state index contributed by atoms with van der Waals surface area (Å²) in [6.07, 6.45) is 4.23. The molecule has 0 fully saturated rings. The van der Waals surface area contributed by atoms with E-state index < -0.39 is 0 Å². The predicted molar refractivity (Wildman–Crippen MR) is 59.5 cm³/mol. The van der Waals surface area contributed by atoms with Crippen LogP contribution >= 0.6 is 0 Å². The van der Waals surface area contributed by atoms with E-state index in [2.05, 4.69) is 12.1 Å². The summed E-state index contributed by atoms with van der Waals surface area (Å²) in [7, 11) is 1.69. The number of carbonyl (C=O) groups is 1. The number of hydrogen-bond acceptors (Lipinski definition) is 2. The molecule has 1 aliphatic carbocycles. The Balaban J connectivity index is 2.49. The van der Waals surface area contributed by atoms with Gasteiger partial charge in [-0.05, 0) is 48.9 Å². The molecule has 0 amide bonds. The normalized spacial score (nSPS) is 19.5. The summed E-state index contributed by atoms with van der Waals surface area (Å²) in [5.74, 6) is 1.03. The van der Waals surface area contributed by atoms with Crippen molar-refractivity contribution in [3.63, 3.8) is 0 Å². The standard InChI is InChI=1S/C13H16O2/c1-9-6-12-10(7-13(9)15-2)4-3-5-11(12)8-14/h6-8,11H,3-5H2,1-2H3/t11-/m1/s1. The molecule has 0 radical (unpaired) electrons. The molecule has 2 nitrogen and oxygen atoms in total. The van der Waals surface area contributed by atoms with Crippen LogP contribution in [0.3, 0.4) is 0 Å². The molecule has 0 aliphatic heterocycles. The van der Waals surface area contributed by atoms with Gasteiger partial charge in [-0.1, -0.05) is 6.07 Å². The quantitative estimate of drug-likeness (QED) is 0.692. The average molecular weight is 204 g/mol. The van der Waals surface area contributed by atoms with Crippen LogP contribution in [0.1, 0.15) is 35.4 Å². The highest BCUT2D eigenvalue weighted by Crippen LogP contribution is 2.34. The van der Waals surface area contributed by atoms with Crippen LogP contribution in [0.4, 0.5) is 0 Å². The smallest absolute Gasteiger partial charge is 0.127 e. The van der Waals surface area contributed by atoms with Gasteiger partial charge in [0.1, 0.15) is 12.0 Å². The number of hydrogen-bond donors (Lipinski definition) is 0. The van der Waals surface area contributed by atoms with Crippen molar-refractivity contribution in [2.24, 2.45) is 0 Å². The third-order valence-corrected chi connectivity index (χ3v) is 3.18. The number of methoxy groups -OCH3 is 1. The van der Waals surface area contributed by atoms with Crippen molar-refractivity contribution in [3.05, 3.63) is 28.8 Å². The molecule has 80 valence electrons. The highest BCUT2D eigenvalue weighted by molar-refractivity contribution is 5.65. The molecule has 0 N–H and O–H groups in total. The molecule has 1 aromatic carbocycles. The maximum absolute atomic E-state index is 11.0. The minimum Gasteiger partial charge on any atom is -0.496 e. The minimum atomic E-state index is 0.0957. The molecule has 0 heterocycles. The molecule has 0 saturated carbocycles. The van der Waals surface area contributed by atoms with Gasteiger partial charge in [0.05, 0.1) is 7.11 Å². The number of aryl methyl sites for hydroxylation is 2. The zero-order chi connectivity index (χ0) is 10.8. The van der Waals surface area contributed by atoms with Crippen LogP contribution in [0.15, 0.2) is 12.1 Å². The van der Waals surface area contributed by atoms with Gasteiger partial charge in [-0.25, -0.2) is 0 Å². The Hall–Kier alpha value is -1.31. The topological polar surface area (TPSA) is 26.3 Å². The molecule has 15 heavy (non-hydrogen) atoms. The molecule has 2 rings (SSSR count). The van der Waals surface area contributed by atoms with Crippen molar-refractivity contribution in [1.82, 2.24) is 0 Å². The fourth-order valence-electron chi connectivity index (χ4n) is 2.34. The number of aldehydes is 1. The van der Waals surface area contributed by atoms with Crippen molar-refractivity contribution in [2.45, 2.75) is 32.1 Å². The first kappa shape index (κ1) is 10.2. The highest BCUT2D eigenvalue weighted by Gasteiger charge is 2.20. The van der Waals surface area contributed by atoms with Crippen LogP contribution in [0.25, 0.3) is 0 Å². The maximum Gasteiger partial charge on any atom is 0.127 e. The molecule has 0 unspecified atom stereocenters. The summed E-state index contributed by atoms with van der Waals surface area (Å²) in [5.41, 5.74) is 3.60. The van der Waals surface area contributed by atoms with Crippen molar-refractivity contribution in [3.8, 4) is 5.75 Å². The molecule has 0 saturated heterocycles. The van der Waals surface area contributed by atoms with E-state index in [1.54, 1.807) is 7.11 Å². The van der Waals surface area contributed by atoms with E-state index in [4.69, 9.17) is 4.74 Å². The summed E-state index contributed by atoms with van der Waals surface area (Å²) in [6, 6.07) is 4.19. The summed E-state index contributed by atoms with van der Waals surface area (Å²) < 4.78 is 5.29. The van der Waals surface area contributed by atoms with Crippen molar-refractivity contribution < 1.29 is 9.53 Å². The first-order chi connectivity index (χ1) is 7.26. The van der Waals surface area contributed by atoms with Gasteiger partial charge in [-0.3, -0.25) is 0 Å². The van der Waals surface area contributed by atoms with Crippen LogP contribution in [0, 0.1) is 6.92 Å². The van der Waals surface area contributed by atoms with Gasteiger partial charge < -0.3 is 9.53 Å². The Morgan fingerprint density at radius 1 is 1.47 bits per heavy atom. The lowest BCUT2D eigenvalue weighted by atomic mass is 9.82. The number of rotatable bonds is 2. The molecular weight excluding hydrogens is 188 g/mol. The average Bonchev–Trinajstić information content (AvgIpc) is 2.27. The van der Waals surface area contributed by atoms with Gasteiger partial charge in [0, 0.05) is 5.92 Å². The summed E-state index contributed by atoms with van der Waals surface area (Å²) >= 11 is 0. The Morgan fingerprint density at radius 3 is 2.93 bits per heavy atom. The van der Waals surface area contributed by atoms with Gasteiger partial charge >= 0.3 is 0 Å². The Morgan fingerprint density at radius 2 is 2.27 bits per heavy atom. The molecule has 0 bridgehead atoms. The number of fused-ring (bicyclic) bond motifs is 1. The van der Waals surface area contributed by atoms with Gasteiger partial charge in [-0.15, -0.1) is 0 Å². The van der Waals surface area contributed by atoms with Crippen LogP contribution in [0.2, 0.25) is 0 Å². The van der Waals surface area contributed by atoms with E-state index in [9.17, 15) is 4.79 Å². The Kier molecular flexibility index (Phi) is 2.76. The van der Waals surface area contributed by atoms with Crippen LogP contribution in [0.5, 0.6) is 5.75 Å². The fraction of sp³-hybridized carbons (Fsp3) is 0.462. The fourth-order valence-corrected chi connectivity index (χ4v) is 2.34. The predicted octanol–water partition coefficient (Wildman–Crippen LogP) is 2.62. The summed E-state index contributed by atoms with van der Waals surface area (Å²) in [4.78, 5) is 11.0. The second-order valence-corrected chi connectivity index (χ2v) is 4.16. The molecule has 2 heteroatoms. The second-order valence-electron chi connectivity index (χ2n) is 4.16. The number of carbonyl (C=O) groups excluding carboxylic acids is 1. The second kappa shape index (κ2) is 4.05. The first-order valence-corrected chi connectivity index (χ1v) is 5.39. The van der Waals surface area contributed by atoms with Crippen LogP contribution in [-0.4, -0.2) is 13.4 Å². The monoisotopic (exact) mass is 204 g/mol. The molecule has 1 aromatic rings. The molecular formula is C13H16O2. The zero-order valence-electron chi connectivity index (χ0n) is 9.25. The lowest BCUT2D eigenvalue weighted by Crippen LogP contribution is -2.11. The maximum atomic E-state index is 11.0. The lowest BCUT2D eigenvalue weighted by molar-refractivity contribution is -0.109. The van der Waals surface area contributed by atoms with Gasteiger partial charge in [0.15, 0.2) is 0 Å². The van der Waals surface area contributed by atoms with Crippen LogP contribution < -0.4 is 4.74 Å². The van der Waals surface area contributed by atoms with E-state index in [-0.39, 0.29) is 5.92 Å². The van der Waals surface area contributed by atoms with E-state index in [1.165, 1.54) is 11.1 Å². The van der Waals surface area contributed by atoms with Gasteiger partial charge in [0.25, 0.3) is 0 Å². The number of benzene rings is 1. The third kappa shape index (κ3) is 1.76.